The van der Waals surface area contributed by atoms with Gasteiger partial charge >= 0.3 is 6.09 Å². The molecule has 2 heterocycles. The molecule has 0 aliphatic carbocycles. The molecule has 1 atom stereocenters. The lowest BCUT2D eigenvalue weighted by Gasteiger charge is -2.00. The highest BCUT2D eigenvalue weighted by molar-refractivity contribution is 7.18. The summed E-state index contributed by atoms with van der Waals surface area (Å²) in [4.78, 5) is 15.3. The molecule has 1 fully saturated rings. The number of carbonyl (C=O) groups excluding carboxylic acids is 1. The predicted octanol–water partition coefficient (Wildman–Crippen LogP) is 2.08. The SMILES string of the molecule is O=C1NCC(c2nc3ccccc3s2)O1. The number of alkyl carbamates (subject to hydrolysis) is 1. The largest absolute Gasteiger partial charge is 0.437 e. The monoisotopic (exact) mass is 220 g/mol. The maximum atomic E-state index is 10.9. The first-order valence-electron chi connectivity index (χ1n) is 4.63. The molecule has 1 aliphatic heterocycles. The first kappa shape index (κ1) is 8.67. The van der Waals surface area contributed by atoms with Crippen molar-refractivity contribution in [1.29, 1.82) is 0 Å². The van der Waals surface area contributed by atoms with Crippen molar-refractivity contribution in [2.75, 3.05) is 6.54 Å². The summed E-state index contributed by atoms with van der Waals surface area (Å²) in [5, 5.41) is 3.47. The lowest BCUT2D eigenvalue weighted by Crippen LogP contribution is -2.12. The number of ether oxygens (including phenoxy) is 1. The molecule has 0 bridgehead atoms. The number of thiazole rings is 1. The molecule has 1 aromatic heterocycles. The van der Waals surface area contributed by atoms with E-state index in [-0.39, 0.29) is 12.2 Å². The molecule has 15 heavy (non-hydrogen) atoms. The van der Waals surface area contributed by atoms with Gasteiger partial charge in [-0.2, -0.15) is 0 Å². The van der Waals surface area contributed by atoms with E-state index in [9.17, 15) is 4.79 Å². The van der Waals surface area contributed by atoms with Crippen LogP contribution in [0.4, 0.5) is 4.79 Å². The van der Waals surface area contributed by atoms with Crippen LogP contribution in [-0.2, 0) is 4.74 Å². The molecule has 0 radical (unpaired) electrons. The number of hydrogen-bond donors (Lipinski definition) is 1. The van der Waals surface area contributed by atoms with Crippen LogP contribution in [-0.4, -0.2) is 17.6 Å². The topological polar surface area (TPSA) is 51.2 Å². The number of carbonyl (C=O) groups is 1. The van der Waals surface area contributed by atoms with E-state index in [2.05, 4.69) is 10.3 Å². The molecule has 0 saturated carbocycles. The maximum absolute atomic E-state index is 10.9. The number of fused-ring (bicyclic) bond motifs is 1. The fourth-order valence-corrected chi connectivity index (χ4v) is 2.55. The van der Waals surface area contributed by atoms with Gasteiger partial charge in [0, 0.05) is 0 Å². The van der Waals surface area contributed by atoms with Gasteiger partial charge in [0.25, 0.3) is 0 Å². The maximum Gasteiger partial charge on any atom is 0.408 e. The van der Waals surface area contributed by atoms with E-state index in [1.807, 2.05) is 24.3 Å². The van der Waals surface area contributed by atoms with Gasteiger partial charge in [-0.1, -0.05) is 12.1 Å². The Labute approximate surface area is 89.9 Å². The number of benzene rings is 1. The highest BCUT2D eigenvalue weighted by atomic mass is 32.1. The molecule has 76 valence electrons. The average molecular weight is 220 g/mol. The van der Waals surface area contributed by atoms with Crippen LogP contribution in [0, 0.1) is 0 Å². The van der Waals surface area contributed by atoms with Crippen molar-refractivity contribution in [3.8, 4) is 0 Å². The van der Waals surface area contributed by atoms with E-state index < -0.39 is 0 Å². The number of hydrogen-bond acceptors (Lipinski definition) is 4. The molecule has 0 spiro atoms. The Hall–Kier alpha value is -1.62. The van der Waals surface area contributed by atoms with Crippen molar-refractivity contribution < 1.29 is 9.53 Å². The fraction of sp³-hybridized carbons (Fsp3) is 0.200. The van der Waals surface area contributed by atoms with E-state index in [0.717, 1.165) is 15.2 Å². The van der Waals surface area contributed by atoms with Crippen molar-refractivity contribution in [2.45, 2.75) is 6.10 Å². The number of cyclic esters (lactones) is 1. The Morgan fingerprint density at radius 3 is 3.07 bits per heavy atom. The minimum absolute atomic E-state index is 0.227. The van der Waals surface area contributed by atoms with Gasteiger partial charge in [-0.15, -0.1) is 11.3 Å². The lowest BCUT2D eigenvalue weighted by molar-refractivity contribution is 0.141. The summed E-state index contributed by atoms with van der Waals surface area (Å²) in [6.45, 7) is 0.513. The summed E-state index contributed by atoms with van der Waals surface area (Å²) >= 11 is 1.57. The van der Waals surface area contributed by atoms with Crippen LogP contribution in [0.3, 0.4) is 0 Å². The molecular formula is C10H8N2O2S. The van der Waals surface area contributed by atoms with E-state index in [0.29, 0.717) is 6.54 Å². The van der Waals surface area contributed by atoms with Gasteiger partial charge in [0.05, 0.1) is 16.8 Å². The first-order valence-corrected chi connectivity index (χ1v) is 5.44. The Kier molecular flexibility index (Phi) is 1.85. The normalized spacial score (nSPS) is 20.3. The fourth-order valence-electron chi connectivity index (χ4n) is 1.55. The minimum atomic E-state index is -0.362. The molecule has 1 aromatic carbocycles. The van der Waals surface area contributed by atoms with Gasteiger partial charge in [0.15, 0.2) is 6.10 Å². The highest BCUT2D eigenvalue weighted by Crippen LogP contribution is 2.29. The van der Waals surface area contributed by atoms with Gasteiger partial charge in [-0.25, -0.2) is 9.78 Å². The minimum Gasteiger partial charge on any atom is -0.437 e. The number of nitrogens with one attached hydrogen (secondary N) is 1. The predicted molar refractivity (Wildman–Crippen MR) is 56.8 cm³/mol. The van der Waals surface area contributed by atoms with Gasteiger partial charge < -0.3 is 10.1 Å². The zero-order valence-electron chi connectivity index (χ0n) is 7.77. The molecule has 2 aromatic rings. The summed E-state index contributed by atoms with van der Waals surface area (Å²) in [7, 11) is 0. The number of amides is 1. The van der Waals surface area contributed by atoms with Crippen molar-refractivity contribution in [3.63, 3.8) is 0 Å². The molecular weight excluding hydrogens is 212 g/mol. The lowest BCUT2D eigenvalue weighted by atomic mass is 10.3. The quantitative estimate of drug-likeness (QED) is 0.800. The number of rotatable bonds is 1. The van der Waals surface area contributed by atoms with Gasteiger partial charge in [0.2, 0.25) is 0 Å². The Morgan fingerprint density at radius 2 is 2.33 bits per heavy atom. The van der Waals surface area contributed by atoms with Crippen molar-refractivity contribution >= 4 is 27.6 Å². The Bertz CT molecular complexity index is 490. The molecule has 4 nitrogen and oxygen atoms in total. The van der Waals surface area contributed by atoms with Crippen LogP contribution < -0.4 is 5.32 Å². The van der Waals surface area contributed by atoms with Crippen LogP contribution in [0.2, 0.25) is 0 Å². The average Bonchev–Trinajstić information content (AvgIpc) is 2.82. The van der Waals surface area contributed by atoms with Crippen molar-refractivity contribution in [3.05, 3.63) is 29.3 Å². The van der Waals surface area contributed by atoms with E-state index in [4.69, 9.17) is 4.74 Å². The van der Waals surface area contributed by atoms with E-state index in [1.165, 1.54) is 0 Å². The molecule has 1 aliphatic rings. The third kappa shape index (κ3) is 1.45. The molecule has 1 unspecified atom stereocenters. The zero-order valence-corrected chi connectivity index (χ0v) is 8.58. The second kappa shape index (κ2) is 3.20. The van der Waals surface area contributed by atoms with Crippen molar-refractivity contribution in [2.24, 2.45) is 0 Å². The smallest absolute Gasteiger partial charge is 0.408 e. The summed E-state index contributed by atoms with van der Waals surface area (Å²) in [6.07, 6.45) is -0.589. The van der Waals surface area contributed by atoms with Gasteiger partial charge in [-0.3, -0.25) is 0 Å². The van der Waals surface area contributed by atoms with Crippen molar-refractivity contribution in [1.82, 2.24) is 10.3 Å². The van der Waals surface area contributed by atoms with Crippen LogP contribution in [0.1, 0.15) is 11.1 Å². The summed E-state index contributed by atoms with van der Waals surface area (Å²) in [5.74, 6) is 0. The van der Waals surface area contributed by atoms with Crippen LogP contribution in [0.25, 0.3) is 10.2 Å². The molecule has 5 heteroatoms. The van der Waals surface area contributed by atoms with Gasteiger partial charge in [-0.05, 0) is 12.1 Å². The van der Waals surface area contributed by atoms with E-state index >= 15 is 0 Å². The van der Waals surface area contributed by atoms with Gasteiger partial charge in [0.1, 0.15) is 5.01 Å². The zero-order chi connectivity index (χ0) is 10.3. The van der Waals surface area contributed by atoms with E-state index in [1.54, 1.807) is 11.3 Å². The first-order chi connectivity index (χ1) is 7.33. The number of nitrogens with zero attached hydrogens (tertiary/aromatic N) is 1. The molecule has 1 amide bonds. The van der Waals surface area contributed by atoms with Crippen LogP contribution in [0.5, 0.6) is 0 Å². The second-order valence-electron chi connectivity index (χ2n) is 3.29. The summed E-state index contributed by atoms with van der Waals surface area (Å²) in [5.41, 5.74) is 0.959. The molecule has 1 saturated heterocycles. The number of aromatic nitrogens is 1. The summed E-state index contributed by atoms with van der Waals surface area (Å²) in [6, 6.07) is 7.90. The van der Waals surface area contributed by atoms with Crippen LogP contribution in [0.15, 0.2) is 24.3 Å². The standard InChI is InChI=1S/C10H8N2O2S/c13-10-11-5-7(14-10)9-12-6-3-1-2-4-8(6)15-9/h1-4,7H,5H2,(H,11,13). The third-order valence-corrected chi connectivity index (χ3v) is 3.40. The summed E-state index contributed by atoms with van der Waals surface area (Å²) < 4.78 is 6.20. The Balaban J connectivity index is 2.01. The second-order valence-corrected chi connectivity index (χ2v) is 4.36. The molecule has 1 N–H and O–H groups in total. The Morgan fingerprint density at radius 1 is 1.47 bits per heavy atom. The van der Waals surface area contributed by atoms with Crippen LogP contribution >= 0.6 is 11.3 Å². The number of para-hydroxylation sites is 1. The highest BCUT2D eigenvalue weighted by Gasteiger charge is 2.26. The third-order valence-electron chi connectivity index (χ3n) is 2.27. The molecule has 3 rings (SSSR count).